The first-order valence-electron chi connectivity index (χ1n) is 11.3. The Morgan fingerprint density at radius 2 is 1.59 bits per heavy atom. The Morgan fingerprint density at radius 1 is 0.912 bits per heavy atom. The topological polar surface area (TPSA) is 63.1 Å². The first kappa shape index (κ1) is 23.6. The molecule has 0 aliphatic rings. The molecule has 6 heteroatoms. The fraction of sp³-hybridized carbons (Fsp3) is 0.214. The van der Waals surface area contributed by atoms with Crippen molar-refractivity contribution in [2.24, 2.45) is 0 Å². The Hall–Kier alpha value is -3.51. The van der Waals surface area contributed by atoms with Crippen molar-refractivity contribution in [2.75, 3.05) is 17.6 Å². The van der Waals surface area contributed by atoms with E-state index in [1.54, 1.807) is 12.1 Å². The van der Waals surface area contributed by atoms with Gasteiger partial charge in [-0.1, -0.05) is 54.1 Å². The third-order valence-corrected chi connectivity index (χ3v) is 6.77. The average molecular weight is 472 g/mol. The van der Waals surface area contributed by atoms with Crippen LogP contribution in [0.5, 0.6) is 0 Å². The maximum absolute atomic E-state index is 12.7. The highest BCUT2D eigenvalue weighted by atomic mass is 32.2. The number of nitrogens with zero attached hydrogens (tertiary/aromatic N) is 1. The van der Waals surface area contributed by atoms with E-state index in [2.05, 4.69) is 52.6 Å². The number of benzene rings is 3. The van der Waals surface area contributed by atoms with E-state index in [1.165, 1.54) is 17.3 Å². The molecule has 0 radical (unpaired) electrons. The summed E-state index contributed by atoms with van der Waals surface area (Å²) in [5.41, 5.74) is 5.98. The molecule has 0 fully saturated rings. The average Bonchev–Trinajstić information content (AvgIpc) is 3.18. The molecule has 0 bridgehead atoms. The van der Waals surface area contributed by atoms with Gasteiger partial charge in [0.25, 0.3) is 5.91 Å². The number of anilines is 1. The van der Waals surface area contributed by atoms with E-state index in [-0.39, 0.29) is 11.8 Å². The van der Waals surface area contributed by atoms with Crippen molar-refractivity contribution < 1.29 is 9.59 Å². The summed E-state index contributed by atoms with van der Waals surface area (Å²) in [5.74, 6) is 0.225. The van der Waals surface area contributed by atoms with Crippen LogP contribution in [0.4, 0.5) is 5.69 Å². The molecule has 0 unspecified atom stereocenters. The van der Waals surface area contributed by atoms with Gasteiger partial charge in [0.15, 0.2) is 0 Å². The number of amides is 2. The van der Waals surface area contributed by atoms with Gasteiger partial charge in [-0.3, -0.25) is 9.59 Å². The minimum Gasteiger partial charge on any atom is -0.350 e. The molecular formula is C28H29N3O2S. The normalized spacial score (nSPS) is 10.9. The monoisotopic (exact) mass is 471 g/mol. The van der Waals surface area contributed by atoms with E-state index >= 15 is 0 Å². The van der Waals surface area contributed by atoms with Gasteiger partial charge in [0, 0.05) is 46.3 Å². The number of carbonyl (C=O) groups is 2. The standard InChI is InChI=1S/C28H29N3O2S/c1-19-15-20(2)27(21(3)16-19)30-26(32)18-34-25-17-31(24-12-8-7-11-23(24)25)14-13-29-28(33)22-9-5-4-6-10-22/h4-12,15-17H,13-14,18H2,1-3H3,(H,29,33)(H,30,32). The van der Waals surface area contributed by atoms with Gasteiger partial charge in [0.2, 0.25) is 5.91 Å². The molecule has 0 aliphatic heterocycles. The third kappa shape index (κ3) is 5.51. The number of thioether (sulfide) groups is 1. The molecule has 3 aromatic carbocycles. The zero-order valence-corrected chi connectivity index (χ0v) is 20.5. The van der Waals surface area contributed by atoms with Crippen LogP contribution in [-0.2, 0) is 11.3 Å². The second kappa shape index (κ2) is 10.6. The molecule has 174 valence electrons. The summed E-state index contributed by atoms with van der Waals surface area (Å²) in [7, 11) is 0. The van der Waals surface area contributed by atoms with Crippen LogP contribution in [0.2, 0.25) is 0 Å². The van der Waals surface area contributed by atoms with Gasteiger partial charge in [-0.2, -0.15) is 0 Å². The van der Waals surface area contributed by atoms with Gasteiger partial charge in [-0.15, -0.1) is 11.8 Å². The number of hydrogen-bond acceptors (Lipinski definition) is 3. The Kier molecular flexibility index (Phi) is 7.38. The lowest BCUT2D eigenvalue weighted by molar-refractivity contribution is -0.113. The van der Waals surface area contributed by atoms with E-state index in [9.17, 15) is 9.59 Å². The van der Waals surface area contributed by atoms with Crippen molar-refractivity contribution in [1.82, 2.24) is 9.88 Å². The van der Waals surface area contributed by atoms with E-state index < -0.39 is 0 Å². The van der Waals surface area contributed by atoms with E-state index in [0.717, 1.165) is 32.6 Å². The molecule has 4 rings (SSSR count). The van der Waals surface area contributed by atoms with Crippen molar-refractivity contribution in [3.05, 3.63) is 95.2 Å². The zero-order chi connectivity index (χ0) is 24.1. The Bertz CT molecular complexity index is 1310. The number of aryl methyl sites for hydroxylation is 3. The smallest absolute Gasteiger partial charge is 0.251 e. The predicted molar refractivity (Wildman–Crippen MR) is 141 cm³/mol. The second-order valence-electron chi connectivity index (χ2n) is 8.44. The number of nitrogens with one attached hydrogen (secondary N) is 2. The molecule has 2 N–H and O–H groups in total. The van der Waals surface area contributed by atoms with Crippen molar-refractivity contribution in [3.63, 3.8) is 0 Å². The molecular weight excluding hydrogens is 442 g/mol. The van der Waals surface area contributed by atoms with Gasteiger partial charge in [0.1, 0.15) is 0 Å². The van der Waals surface area contributed by atoms with Crippen LogP contribution in [0.3, 0.4) is 0 Å². The predicted octanol–water partition coefficient (Wildman–Crippen LogP) is 5.73. The van der Waals surface area contributed by atoms with Gasteiger partial charge in [-0.05, 0) is 50.1 Å². The van der Waals surface area contributed by atoms with Crippen LogP contribution in [-0.4, -0.2) is 28.7 Å². The molecule has 0 saturated carbocycles. The zero-order valence-electron chi connectivity index (χ0n) is 19.7. The second-order valence-corrected chi connectivity index (χ2v) is 9.45. The fourth-order valence-electron chi connectivity index (χ4n) is 4.19. The fourth-order valence-corrected chi connectivity index (χ4v) is 5.08. The minimum atomic E-state index is -0.0787. The molecule has 5 nitrogen and oxygen atoms in total. The number of hydrogen-bond donors (Lipinski definition) is 2. The van der Waals surface area contributed by atoms with Crippen molar-refractivity contribution in [1.29, 1.82) is 0 Å². The van der Waals surface area contributed by atoms with E-state index in [4.69, 9.17) is 0 Å². The van der Waals surface area contributed by atoms with Crippen LogP contribution in [0.25, 0.3) is 10.9 Å². The number of carbonyl (C=O) groups excluding carboxylic acids is 2. The Balaban J connectivity index is 1.40. The summed E-state index contributed by atoms with van der Waals surface area (Å²) in [5, 5.41) is 7.17. The number of fused-ring (bicyclic) bond motifs is 1. The SMILES string of the molecule is Cc1cc(C)c(NC(=O)CSc2cn(CCNC(=O)c3ccccc3)c3ccccc23)c(C)c1. The van der Waals surface area contributed by atoms with Gasteiger partial charge < -0.3 is 15.2 Å². The Morgan fingerprint density at radius 3 is 2.32 bits per heavy atom. The summed E-state index contributed by atoms with van der Waals surface area (Å²) in [6.45, 7) is 7.26. The molecule has 2 amide bonds. The lowest BCUT2D eigenvalue weighted by Crippen LogP contribution is -2.26. The van der Waals surface area contributed by atoms with E-state index in [1.807, 2.05) is 44.2 Å². The van der Waals surface area contributed by atoms with Crippen LogP contribution in [0, 0.1) is 20.8 Å². The molecule has 1 aromatic heterocycles. The van der Waals surface area contributed by atoms with Crippen LogP contribution in [0.1, 0.15) is 27.0 Å². The quantitative estimate of drug-likeness (QED) is 0.323. The summed E-state index contributed by atoms with van der Waals surface area (Å²) >= 11 is 1.53. The molecule has 0 spiro atoms. The van der Waals surface area contributed by atoms with Crippen LogP contribution >= 0.6 is 11.8 Å². The lowest BCUT2D eigenvalue weighted by atomic mass is 10.1. The summed E-state index contributed by atoms with van der Waals surface area (Å²) in [6, 6.07) is 21.5. The largest absolute Gasteiger partial charge is 0.350 e. The molecule has 0 atom stereocenters. The molecule has 0 aliphatic carbocycles. The highest BCUT2D eigenvalue weighted by molar-refractivity contribution is 8.00. The number of rotatable bonds is 8. The lowest BCUT2D eigenvalue weighted by Gasteiger charge is -2.12. The summed E-state index contributed by atoms with van der Waals surface area (Å²) in [4.78, 5) is 26.1. The van der Waals surface area contributed by atoms with Gasteiger partial charge in [0.05, 0.1) is 5.75 Å². The number of para-hydroxylation sites is 1. The molecule has 4 aromatic rings. The molecule has 1 heterocycles. The van der Waals surface area contributed by atoms with Crippen LogP contribution in [0.15, 0.2) is 77.8 Å². The first-order valence-corrected chi connectivity index (χ1v) is 12.3. The van der Waals surface area contributed by atoms with Crippen molar-refractivity contribution in [3.8, 4) is 0 Å². The van der Waals surface area contributed by atoms with Crippen molar-refractivity contribution >= 4 is 40.2 Å². The Labute approximate surface area is 204 Å². The first-order chi connectivity index (χ1) is 16.4. The van der Waals surface area contributed by atoms with Gasteiger partial charge >= 0.3 is 0 Å². The number of aromatic nitrogens is 1. The van der Waals surface area contributed by atoms with Gasteiger partial charge in [-0.25, -0.2) is 0 Å². The highest BCUT2D eigenvalue weighted by Crippen LogP contribution is 2.30. The third-order valence-electron chi connectivity index (χ3n) is 5.73. The maximum Gasteiger partial charge on any atom is 0.251 e. The minimum absolute atomic E-state index is 0.0213. The van der Waals surface area contributed by atoms with Crippen molar-refractivity contribution in [2.45, 2.75) is 32.2 Å². The van der Waals surface area contributed by atoms with E-state index in [0.29, 0.717) is 24.4 Å². The maximum atomic E-state index is 12.7. The highest BCUT2D eigenvalue weighted by Gasteiger charge is 2.13. The molecule has 0 saturated heterocycles. The van der Waals surface area contributed by atoms with Crippen LogP contribution < -0.4 is 10.6 Å². The summed E-state index contributed by atoms with van der Waals surface area (Å²) < 4.78 is 2.13. The molecule has 34 heavy (non-hydrogen) atoms. The summed E-state index contributed by atoms with van der Waals surface area (Å²) in [6.07, 6.45) is 2.07.